The number of ketones is 1. The number of nitrogens with two attached hydrogens (primary N) is 1. The molecular weight excluding hydrogens is 340 g/mol. The molecule has 1 unspecified atom stereocenters. The molecule has 0 radical (unpaired) electrons. The molecule has 0 amide bonds. The highest BCUT2D eigenvalue weighted by Gasteiger charge is 2.22. The van der Waals surface area contributed by atoms with Crippen LogP contribution in [0.4, 0.5) is 11.6 Å². The maximum atomic E-state index is 12.8. The number of hydrogen-bond donors (Lipinski definition) is 3. The topological polar surface area (TPSA) is 99.9 Å². The van der Waals surface area contributed by atoms with E-state index < -0.39 is 0 Å². The van der Waals surface area contributed by atoms with Gasteiger partial charge in [-0.3, -0.25) is 4.79 Å². The Morgan fingerprint density at radius 2 is 2.15 bits per heavy atom. The molecule has 0 aliphatic carbocycles. The molecular formula is C20H22N6O. The summed E-state index contributed by atoms with van der Waals surface area (Å²) in [5.74, 6) is 0.824. The molecule has 4 heterocycles. The summed E-state index contributed by atoms with van der Waals surface area (Å²) in [5, 5.41) is 3.55. The Morgan fingerprint density at radius 3 is 2.96 bits per heavy atom. The fraction of sp³-hybridized carbons (Fsp3) is 0.250. The van der Waals surface area contributed by atoms with Gasteiger partial charge in [0.25, 0.3) is 0 Å². The third-order valence-corrected chi connectivity index (χ3v) is 4.76. The number of piperazine rings is 1. The molecule has 0 bridgehead atoms. The minimum absolute atomic E-state index is 0.208. The maximum Gasteiger partial charge on any atom is 0.215 e. The zero-order chi connectivity index (χ0) is 18.6. The van der Waals surface area contributed by atoms with Crippen molar-refractivity contribution in [2.24, 2.45) is 0 Å². The lowest BCUT2D eigenvalue weighted by molar-refractivity contribution is 0.103. The molecule has 1 saturated heterocycles. The van der Waals surface area contributed by atoms with Crippen molar-refractivity contribution in [3.05, 3.63) is 71.8 Å². The van der Waals surface area contributed by atoms with Crippen molar-refractivity contribution in [3.8, 4) is 0 Å². The number of hydrogen-bond acceptors (Lipinski definition) is 6. The molecule has 0 spiro atoms. The standard InChI is InChI=1S/C20H22N6O/c21-20-16(5-3-9-24-20)19(27)17-6-1-7-18(25-17)26-11-10-23-15(13-26)12-14-4-2-8-22-14/h1-9,15,22-23H,10-13H2,(H2,21,24). The van der Waals surface area contributed by atoms with Crippen molar-refractivity contribution in [3.63, 3.8) is 0 Å². The molecule has 1 atom stereocenters. The lowest BCUT2D eigenvalue weighted by Gasteiger charge is -2.34. The number of carbonyl (C=O) groups excluding carboxylic acids is 1. The van der Waals surface area contributed by atoms with E-state index in [-0.39, 0.29) is 11.6 Å². The van der Waals surface area contributed by atoms with Gasteiger partial charge in [0.05, 0.1) is 5.56 Å². The van der Waals surface area contributed by atoms with E-state index in [1.54, 1.807) is 24.4 Å². The van der Waals surface area contributed by atoms with Gasteiger partial charge in [-0.2, -0.15) is 0 Å². The molecule has 1 aliphatic rings. The first-order chi connectivity index (χ1) is 13.2. The summed E-state index contributed by atoms with van der Waals surface area (Å²) in [5.41, 5.74) is 7.81. The van der Waals surface area contributed by atoms with Crippen LogP contribution in [0.3, 0.4) is 0 Å². The number of pyridine rings is 2. The molecule has 0 saturated carbocycles. The summed E-state index contributed by atoms with van der Waals surface area (Å²) in [4.78, 5) is 26.8. The van der Waals surface area contributed by atoms with E-state index in [0.29, 0.717) is 17.3 Å². The molecule has 7 heteroatoms. The number of nitrogens with one attached hydrogen (secondary N) is 2. The van der Waals surface area contributed by atoms with Gasteiger partial charge < -0.3 is 20.9 Å². The first kappa shape index (κ1) is 17.2. The van der Waals surface area contributed by atoms with Crippen LogP contribution in [0.15, 0.2) is 54.9 Å². The van der Waals surface area contributed by atoms with E-state index in [1.807, 2.05) is 24.4 Å². The third kappa shape index (κ3) is 3.83. The SMILES string of the molecule is Nc1ncccc1C(=O)c1cccc(N2CCNC(Cc3ccc[nH]3)C2)n1. The van der Waals surface area contributed by atoms with E-state index in [2.05, 4.69) is 31.2 Å². The van der Waals surface area contributed by atoms with Crippen LogP contribution in [-0.4, -0.2) is 46.4 Å². The summed E-state index contributed by atoms with van der Waals surface area (Å²) < 4.78 is 0. The molecule has 1 aliphatic heterocycles. The number of aromatic nitrogens is 3. The van der Waals surface area contributed by atoms with Gasteiger partial charge >= 0.3 is 0 Å². The zero-order valence-corrected chi connectivity index (χ0v) is 14.9. The van der Waals surface area contributed by atoms with Crippen LogP contribution in [0.25, 0.3) is 0 Å². The smallest absolute Gasteiger partial charge is 0.215 e. The Labute approximate surface area is 157 Å². The van der Waals surface area contributed by atoms with E-state index in [4.69, 9.17) is 5.73 Å². The van der Waals surface area contributed by atoms with Crippen molar-refractivity contribution in [2.75, 3.05) is 30.3 Å². The highest BCUT2D eigenvalue weighted by Crippen LogP contribution is 2.18. The summed E-state index contributed by atoms with van der Waals surface area (Å²) in [6.45, 7) is 2.56. The maximum absolute atomic E-state index is 12.8. The van der Waals surface area contributed by atoms with Gasteiger partial charge in [0.15, 0.2) is 0 Å². The van der Waals surface area contributed by atoms with Crippen LogP contribution < -0.4 is 16.0 Å². The lowest BCUT2D eigenvalue weighted by atomic mass is 10.1. The normalized spacial score (nSPS) is 17.0. The average Bonchev–Trinajstić information content (AvgIpc) is 3.21. The average molecular weight is 362 g/mol. The third-order valence-electron chi connectivity index (χ3n) is 4.76. The predicted octanol–water partition coefficient (Wildman–Crippen LogP) is 1.64. The Morgan fingerprint density at radius 1 is 1.22 bits per heavy atom. The number of anilines is 2. The first-order valence-electron chi connectivity index (χ1n) is 9.03. The van der Waals surface area contributed by atoms with E-state index in [1.165, 1.54) is 5.69 Å². The number of nitrogen functional groups attached to an aromatic ring is 1. The van der Waals surface area contributed by atoms with Crippen LogP contribution in [0, 0.1) is 0 Å². The van der Waals surface area contributed by atoms with Gasteiger partial charge in [0.2, 0.25) is 5.78 Å². The molecule has 3 aromatic rings. The van der Waals surface area contributed by atoms with Gasteiger partial charge in [-0.25, -0.2) is 9.97 Å². The van der Waals surface area contributed by atoms with Crippen molar-refractivity contribution in [1.29, 1.82) is 0 Å². The first-order valence-corrected chi connectivity index (χ1v) is 9.03. The second-order valence-corrected chi connectivity index (χ2v) is 6.64. The molecule has 3 aromatic heterocycles. The number of aromatic amines is 1. The largest absolute Gasteiger partial charge is 0.383 e. The predicted molar refractivity (Wildman–Crippen MR) is 105 cm³/mol. The summed E-state index contributed by atoms with van der Waals surface area (Å²) >= 11 is 0. The number of H-pyrrole nitrogens is 1. The van der Waals surface area contributed by atoms with Crippen LogP contribution in [0.2, 0.25) is 0 Å². The molecule has 0 aromatic carbocycles. The fourth-order valence-corrected chi connectivity index (χ4v) is 3.40. The van der Waals surface area contributed by atoms with E-state index >= 15 is 0 Å². The quantitative estimate of drug-likeness (QED) is 0.597. The van der Waals surface area contributed by atoms with Crippen molar-refractivity contribution in [2.45, 2.75) is 12.5 Å². The molecule has 138 valence electrons. The van der Waals surface area contributed by atoms with Crippen LogP contribution >= 0.6 is 0 Å². The summed E-state index contributed by atoms with van der Waals surface area (Å²) in [6, 6.07) is 13.3. The summed E-state index contributed by atoms with van der Waals surface area (Å²) in [6.07, 6.45) is 4.44. The minimum atomic E-state index is -0.208. The zero-order valence-electron chi connectivity index (χ0n) is 14.9. The van der Waals surface area contributed by atoms with E-state index in [9.17, 15) is 4.79 Å². The Hall–Kier alpha value is -3.19. The lowest BCUT2D eigenvalue weighted by Crippen LogP contribution is -2.52. The summed E-state index contributed by atoms with van der Waals surface area (Å²) in [7, 11) is 0. The van der Waals surface area contributed by atoms with Crippen molar-refractivity contribution < 1.29 is 4.79 Å². The number of carbonyl (C=O) groups is 1. The van der Waals surface area contributed by atoms with Crippen LogP contribution in [0.5, 0.6) is 0 Å². The monoisotopic (exact) mass is 362 g/mol. The Kier molecular flexibility index (Phi) is 4.84. The van der Waals surface area contributed by atoms with Gasteiger partial charge in [0.1, 0.15) is 17.3 Å². The molecule has 4 N–H and O–H groups in total. The Balaban J connectivity index is 1.51. The van der Waals surface area contributed by atoms with Crippen LogP contribution in [-0.2, 0) is 6.42 Å². The molecule has 4 rings (SSSR count). The molecule has 7 nitrogen and oxygen atoms in total. The number of rotatable bonds is 5. The highest BCUT2D eigenvalue weighted by molar-refractivity contribution is 6.10. The molecule has 27 heavy (non-hydrogen) atoms. The van der Waals surface area contributed by atoms with Crippen molar-refractivity contribution >= 4 is 17.4 Å². The minimum Gasteiger partial charge on any atom is -0.383 e. The van der Waals surface area contributed by atoms with Gasteiger partial charge in [0, 0.05) is 50.2 Å². The fourth-order valence-electron chi connectivity index (χ4n) is 3.40. The second-order valence-electron chi connectivity index (χ2n) is 6.64. The highest BCUT2D eigenvalue weighted by atomic mass is 16.1. The van der Waals surface area contributed by atoms with E-state index in [0.717, 1.165) is 31.9 Å². The second kappa shape index (κ2) is 7.59. The van der Waals surface area contributed by atoms with Gasteiger partial charge in [-0.05, 0) is 36.4 Å². The van der Waals surface area contributed by atoms with Crippen LogP contribution in [0.1, 0.15) is 21.7 Å². The van der Waals surface area contributed by atoms with Crippen molar-refractivity contribution in [1.82, 2.24) is 20.3 Å². The van der Waals surface area contributed by atoms with Gasteiger partial charge in [-0.1, -0.05) is 6.07 Å². The number of nitrogens with zero attached hydrogens (tertiary/aromatic N) is 3. The van der Waals surface area contributed by atoms with Gasteiger partial charge in [-0.15, -0.1) is 0 Å². The molecule has 1 fully saturated rings. The Bertz CT molecular complexity index is 924.